The van der Waals surface area contributed by atoms with Crippen LogP contribution in [0, 0.1) is 0 Å². The molecule has 0 fully saturated rings. The van der Waals surface area contributed by atoms with Crippen molar-refractivity contribution in [1.29, 1.82) is 0 Å². The zero-order valence-electron chi connectivity index (χ0n) is 6.56. The molecule has 1 heterocycles. The van der Waals surface area contributed by atoms with Crippen LogP contribution in [0.25, 0.3) is 6.08 Å². The van der Waals surface area contributed by atoms with Gasteiger partial charge in [0.05, 0.1) is 4.88 Å². The van der Waals surface area contributed by atoms with E-state index in [4.69, 9.17) is 5.11 Å². The normalized spacial score (nSPS) is 10.8. The van der Waals surface area contributed by atoms with Gasteiger partial charge in [0.2, 0.25) is 0 Å². The Bertz CT molecular complexity index is 276. The van der Waals surface area contributed by atoms with Gasteiger partial charge in [0.1, 0.15) is 0 Å². The number of carbonyl (C=O) groups excluding carboxylic acids is 1. The summed E-state index contributed by atoms with van der Waals surface area (Å²) in [5.74, 6) is 0. The van der Waals surface area contributed by atoms with Crippen molar-refractivity contribution in [2.45, 2.75) is 6.42 Å². The van der Waals surface area contributed by atoms with E-state index in [0.717, 1.165) is 16.0 Å². The van der Waals surface area contributed by atoms with E-state index >= 15 is 0 Å². The SMILES string of the molecule is O=Cc1ccc(C=CCCO)s1. The molecule has 1 aromatic rings. The number of aliphatic hydroxyl groups is 1. The van der Waals surface area contributed by atoms with Crippen LogP contribution in [0.1, 0.15) is 21.0 Å². The number of hydrogen-bond acceptors (Lipinski definition) is 3. The van der Waals surface area contributed by atoms with Crippen molar-refractivity contribution in [1.82, 2.24) is 0 Å². The second-order valence-electron chi connectivity index (χ2n) is 2.27. The Hall–Kier alpha value is -0.930. The summed E-state index contributed by atoms with van der Waals surface area (Å²) in [5, 5.41) is 8.49. The quantitative estimate of drug-likeness (QED) is 0.723. The van der Waals surface area contributed by atoms with Gasteiger partial charge < -0.3 is 5.11 Å². The van der Waals surface area contributed by atoms with Gasteiger partial charge in [-0.25, -0.2) is 0 Å². The Balaban J connectivity index is 2.57. The fourth-order valence-electron chi connectivity index (χ4n) is 0.795. The largest absolute Gasteiger partial charge is 0.396 e. The molecule has 0 unspecified atom stereocenters. The molecule has 0 radical (unpaired) electrons. The third-order valence-corrected chi connectivity index (χ3v) is 2.32. The van der Waals surface area contributed by atoms with E-state index in [2.05, 4.69) is 0 Å². The van der Waals surface area contributed by atoms with E-state index in [1.165, 1.54) is 11.3 Å². The number of carbonyl (C=O) groups is 1. The highest BCUT2D eigenvalue weighted by Gasteiger charge is 1.93. The molecule has 0 bridgehead atoms. The van der Waals surface area contributed by atoms with Gasteiger partial charge in [0.15, 0.2) is 6.29 Å². The molecule has 1 N–H and O–H groups in total. The van der Waals surface area contributed by atoms with Crippen molar-refractivity contribution in [3.8, 4) is 0 Å². The lowest BCUT2D eigenvalue weighted by atomic mass is 10.3. The topological polar surface area (TPSA) is 37.3 Å². The molecular weight excluding hydrogens is 172 g/mol. The number of rotatable bonds is 4. The molecule has 1 aromatic heterocycles. The molecule has 2 nitrogen and oxygen atoms in total. The summed E-state index contributed by atoms with van der Waals surface area (Å²) in [6.45, 7) is 0.169. The monoisotopic (exact) mass is 182 g/mol. The van der Waals surface area contributed by atoms with Crippen LogP contribution >= 0.6 is 11.3 Å². The number of hydrogen-bond donors (Lipinski definition) is 1. The Morgan fingerprint density at radius 2 is 2.17 bits per heavy atom. The second kappa shape index (κ2) is 4.85. The van der Waals surface area contributed by atoms with Crippen LogP contribution in [0.5, 0.6) is 0 Å². The molecule has 0 aliphatic rings. The maximum Gasteiger partial charge on any atom is 0.160 e. The minimum Gasteiger partial charge on any atom is -0.396 e. The van der Waals surface area contributed by atoms with Crippen LogP contribution < -0.4 is 0 Å². The van der Waals surface area contributed by atoms with Crippen LogP contribution in [-0.2, 0) is 0 Å². The molecule has 0 saturated heterocycles. The van der Waals surface area contributed by atoms with Gasteiger partial charge in [-0.15, -0.1) is 11.3 Å². The average molecular weight is 182 g/mol. The predicted octanol–water partition coefficient (Wildman–Crippen LogP) is 1.96. The van der Waals surface area contributed by atoms with Crippen LogP contribution in [0.3, 0.4) is 0 Å². The van der Waals surface area contributed by atoms with E-state index in [-0.39, 0.29) is 6.61 Å². The Morgan fingerprint density at radius 3 is 2.75 bits per heavy atom. The number of aliphatic hydroxyl groups excluding tert-OH is 1. The molecule has 64 valence electrons. The lowest BCUT2D eigenvalue weighted by molar-refractivity contribution is 0.112. The summed E-state index contributed by atoms with van der Waals surface area (Å²) < 4.78 is 0. The zero-order chi connectivity index (χ0) is 8.81. The highest BCUT2D eigenvalue weighted by atomic mass is 32.1. The van der Waals surface area contributed by atoms with Crippen LogP contribution in [-0.4, -0.2) is 18.0 Å². The number of aldehydes is 1. The Labute approximate surface area is 75.2 Å². The fourth-order valence-corrected chi connectivity index (χ4v) is 1.55. The van der Waals surface area contributed by atoms with Gasteiger partial charge >= 0.3 is 0 Å². The summed E-state index contributed by atoms with van der Waals surface area (Å²) in [7, 11) is 0. The van der Waals surface area contributed by atoms with Gasteiger partial charge in [-0.3, -0.25) is 4.79 Å². The lowest BCUT2D eigenvalue weighted by Gasteiger charge is -1.83. The molecule has 0 saturated carbocycles. The molecule has 0 amide bonds. The molecule has 1 rings (SSSR count). The maximum absolute atomic E-state index is 10.3. The highest BCUT2D eigenvalue weighted by Crippen LogP contribution is 2.15. The first-order valence-corrected chi connectivity index (χ1v) is 4.51. The molecule has 0 aliphatic heterocycles. The van der Waals surface area contributed by atoms with Crippen molar-refractivity contribution in [3.63, 3.8) is 0 Å². The maximum atomic E-state index is 10.3. The molecule has 12 heavy (non-hydrogen) atoms. The predicted molar refractivity (Wildman–Crippen MR) is 50.4 cm³/mol. The standard InChI is InChI=1S/C9H10O2S/c10-6-2-1-3-8-4-5-9(7-11)12-8/h1,3-5,7,10H,2,6H2. The van der Waals surface area contributed by atoms with Gasteiger partial charge in [-0.2, -0.15) is 0 Å². The van der Waals surface area contributed by atoms with Gasteiger partial charge in [0.25, 0.3) is 0 Å². The molecule has 3 heteroatoms. The van der Waals surface area contributed by atoms with E-state index < -0.39 is 0 Å². The summed E-state index contributed by atoms with van der Waals surface area (Å²) in [5.41, 5.74) is 0. The Kier molecular flexibility index (Phi) is 3.70. The third-order valence-electron chi connectivity index (χ3n) is 1.34. The first-order valence-electron chi connectivity index (χ1n) is 3.69. The summed E-state index contributed by atoms with van der Waals surface area (Å²) in [4.78, 5) is 12.1. The third kappa shape index (κ3) is 2.60. The Morgan fingerprint density at radius 1 is 1.42 bits per heavy atom. The van der Waals surface area contributed by atoms with Crippen molar-refractivity contribution in [2.24, 2.45) is 0 Å². The minimum atomic E-state index is 0.169. The van der Waals surface area contributed by atoms with E-state index in [0.29, 0.717) is 6.42 Å². The van der Waals surface area contributed by atoms with E-state index in [1.54, 1.807) is 6.07 Å². The summed E-state index contributed by atoms with van der Waals surface area (Å²) >= 11 is 1.45. The first-order chi connectivity index (χ1) is 5.86. The van der Waals surface area contributed by atoms with Gasteiger partial charge in [0, 0.05) is 11.5 Å². The molecule has 0 atom stereocenters. The summed E-state index contributed by atoms with van der Waals surface area (Å²) in [6, 6.07) is 3.68. The lowest BCUT2D eigenvalue weighted by Crippen LogP contribution is -1.74. The molecular formula is C9H10O2S. The average Bonchev–Trinajstić information content (AvgIpc) is 2.53. The highest BCUT2D eigenvalue weighted by molar-refractivity contribution is 7.14. The molecule has 0 aromatic carbocycles. The zero-order valence-corrected chi connectivity index (χ0v) is 7.38. The second-order valence-corrected chi connectivity index (χ2v) is 3.42. The first kappa shape index (κ1) is 9.16. The van der Waals surface area contributed by atoms with Crippen molar-refractivity contribution in [3.05, 3.63) is 28.0 Å². The summed E-state index contributed by atoms with van der Waals surface area (Å²) in [6.07, 6.45) is 5.30. The smallest absolute Gasteiger partial charge is 0.160 e. The number of thiophene rings is 1. The van der Waals surface area contributed by atoms with Crippen molar-refractivity contribution < 1.29 is 9.90 Å². The van der Waals surface area contributed by atoms with Crippen molar-refractivity contribution in [2.75, 3.05) is 6.61 Å². The molecule has 0 aliphatic carbocycles. The van der Waals surface area contributed by atoms with Crippen LogP contribution in [0.4, 0.5) is 0 Å². The molecule has 0 spiro atoms. The van der Waals surface area contributed by atoms with Gasteiger partial charge in [-0.1, -0.05) is 6.08 Å². The fraction of sp³-hybridized carbons (Fsp3) is 0.222. The van der Waals surface area contributed by atoms with E-state index in [9.17, 15) is 4.79 Å². The van der Waals surface area contributed by atoms with Gasteiger partial charge in [-0.05, 0) is 24.6 Å². The van der Waals surface area contributed by atoms with Crippen molar-refractivity contribution >= 4 is 23.7 Å². The van der Waals surface area contributed by atoms with Crippen LogP contribution in [0.2, 0.25) is 0 Å². The van der Waals surface area contributed by atoms with Crippen LogP contribution in [0.15, 0.2) is 18.2 Å². The van der Waals surface area contributed by atoms with E-state index in [1.807, 2.05) is 18.2 Å². The minimum absolute atomic E-state index is 0.169.